The van der Waals surface area contributed by atoms with Gasteiger partial charge < -0.3 is 9.32 Å². The summed E-state index contributed by atoms with van der Waals surface area (Å²) in [6, 6.07) is 3.95. The van der Waals surface area contributed by atoms with Crippen LogP contribution in [0.3, 0.4) is 0 Å². The second-order valence-corrected chi connectivity index (χ2v) is 7.88. The number of nitrogens with one attached hydrogen (secondary N) is 1. The number of furan rings is 1. The summed E-state index contributed by atoms with van der Waals surface area (Å²) in [4.78, 5) is 2.60. The van der Waals surface area contributed by atoms with Crippen LogP contribution in [0.5, 0.6) is 0 Å². The van der Waals surface area contributed by atoms with Crippen molar-refractivity contribution in [2.24, 2.45) is 0 Å². The Kier molecular flexibility index (Phi) is 4.41. The monoisotopic (exact) mass is 355 g/mol. The fourth-order valence-corrected chi connectivity index (χ4v) is 5.08. The predicted molar refractivity (Wildman–Crippen MR) is 83.8 cm³/mol. The molecule has 0 amide bonds. The molecule has 4 nitrogen and oxygen atoms in total. The molecule has 1 aromatic heterocycles. The summed E-state index contributed by atoms with van der Waals surface area (Å²) in [5, 5.41) is 13.5. The highest BCUT2D eigenvalue weighted by molar-refractivity contribution is 9.09. The van der Waals surface area contributed by atoms with E-state index in [4.69, 9.17) is 9.68 Å². The fourth-order valence-electron chi connectivity index (χ4n) is 2.77. The first-order chi connectivity index (χ1) is 9.67. The molecule has 3 rings (SSSR count). The van der Waals surface area contributed by atoms with Crippen molar-refractivity contribution in [3.05, 3.63) is 23.2 Å². The summed E-state index contributed by atoms with van der Waals surface area (Å²) in [6.45, 7) is 3.09. The van der Waals surface area contributed by atoms with E-state index in [0.29, 0.717) is 22.9 Å². The number of halogens is 1. The second kappa shape index (κ2) is 6.10. The minimum Gasteiger partial charge on any atom is -0.449 e. The molecule has 2 aliphatic rings. The molecule has 2 aliphatic heterocycles. The Morgan fingerprint density at radius 1 is 1.50 bits per heavy atom. The van der Waals surface area contributed by atoms with Gasteiger partial charge in [-0.3, -0.25) is 5.32 Å². The highest BCUT2D eigenvalue weighted by atomic mass is 79.9. The van der Waals surface area contributed by atoms with E-state index in [1.807, 2.05) is 17.8 Å². The molecule has 1 fully saturated rings. The lowest BCUT2D eigenvalue weighted by Crippen LogP contribution is -2.38. The van der Waals surface area contributed by atoms with Gasteiger partial charge >= 0.3 is 0 Å². The first-order valence-corrected chi connectivity index (χ1v) is 8.77. The van der Waals surface area contributed by atoms with Gasteiger partial charge in [-0.15, -0.1) is 11.8 Å². The summed E-state index contributed by atoms with van der Waals surface area (Å²) in [7, 11) is 2.19. The number of hydrogen-bond acceptors (Lipinski definition) is 5. The average Bonchev–Trinajstić information content (AvgIpc) is 2.88. The van der Waals surface area contributed by atoms with Crippen molar-refractivity contribution < 1.29 is 4.42 Å². The average molecular weight is 356 g/mol. The van der Waals surface area contributed by atoms with Gasteiger partial charge in [0, 0.05) is 10.8 Å². The number of nitrogens with zero attached hydrogens (tertiary/aromatic N) is 2. The van der Waals surface area contributed by atoms with Gasteiger partial charge in [0.2, 0.25) is 5.76 Å². The van der Waals surface area contributed by atoms with Crippen LogP contribution in [0.2, 0.25) is 0 Å². The van der Waals surface area contributed by atoms with Gasteiger partial charge in [0.25, 0.3) is 0 Å². The molecule has 2 atom stereocenters. The van der Waals surface area contributed by atoms with Gasteiger partial charge in [-0.2, -0.15) is 5.26 Å². The second-order valence-electron chi connectivity index (χ2n) is 5.44. The maximum absolute atomic E-state index is 8.94. The van der Waals surface area contributed by atoms with E-state index in [1.54, 1.807) is 0 Å². The molecule has 0 aromatic carbocycles. The zero-order valence-corrected chi connectivity index (χ0v) is 13.8. The molecule has 0 radical (unpaired) electrons. The fraction of sp³-hybridized carbons (Fsp3) is 0.643. The van der Waals surface area contributed by atoms with E-state index >= 15 is 0 Å². The number of piperidine rings is 1. The number of likely N-dealkylation sites (tertiary alicyclic amines) is 1. The van der Waals surface area contributed by atoms with Crippen LogP contribution in [0, 0.1) is 11.3 Å². The molecule has 0 bridgehead atoms. The minimum atomic E-state index is 0.210. The topological polar surface area (TPSA) is 52.2 Å². The SMILES string of the molecule is CN1CCC(SC2NCc3oc(C#N)cc3C2Br)CC1. The van der Waals surface area contributed by atoms with Gasteiger partial charge in [0.15, 0.2) is 0 Å². The smallest absolute Gasteiger partial charge is 0.204 e. The molecule has 1 saturated heterocycles. The lowest BCUT2D eigenvalue weighted by atomic mass is 10.1. The summed E-state index contributed by atoms with van der Waals surface area (Å²) < 4.78 is 5.51. The molecule has 20 heavy (non-hydrogen) atoms. The number of rotatable bonds is 2. The Balaban J connectivity index is 1.66. The molecular formula is C14H18BrN3OS. The van der Waals surface area contributed by atoms with Gasteiger partial charge in [-0.05, 0) is 39.0 Å². The Hall–Kier alpha value is -0.480. The number of thioether (sulfide) groups is 1. The number of fused-ring (bicyclic) bond motifs is 1. The van der Waals surface area contributed by atoms with E-state index in [2.05, 4.69) is 39.3 Å². The van der Waals surface area contributed by atoms with Crippen LogP contribution in [0.15, 0.2) is 10.5 Å². The summed E-state index contributed by atoms with van der Waals surface area (Å²) in [5.41, 5.74) is 1.13. The van der Waals surface area contributed by atoms with Gasteiger partial charge in [-0.25, -0.2) is 0 Å². The highest BCUT2D eigenvalue weighted by Gasteiger charge is 2.33. The van der Waals surface area contributed by atoms with Crippen molar-refractivity contribution in [1.82, 2.24) is 10.2 Å². The maximum atomic E-state index is 8.94. The third kappa shape index (κ3) is 2.91. The van der Waals surface area contributed by atoms with E-state index in [0.717, 1.165) is 11.3 Å². The molecule has 3 heterocycles. The van der Waals surface area contributed by atoms with Crippen LogP contribution in [-0.2, 0) is 6.54 Å². The van der Waals surface area contributed by atoms with Crippen LogP contribution >= 0.6 is 27.7 Å². The number of hydrogen-bond donors (Lipinski definition) is 1. The van der Waals surface area contributed by atoms with Crippen molar-refractivity contribution >= 4 is 27.7 Å². The Labute approximate surface area is 132 Å². The van der Waals surface area contributed by atoms with Crippen LogP contribution in [-0.4, -0.2) is 35.7 Å². The number of nitriles is 1. The van der Waals surface area contributed by atoms with Crippen molar-refractivity contribution in [2.45, 2.75) is 34.8 Å². The molecule has 1 aromatic rings. The predicted octanol–water partition coefficient (Wildman–Crippen LogP) is 2.84. The lowest BCUT2D eigenvalue weighted by Gasteiger charge is -2.34. The maximum Gasteiger partial charge on any atom is 0.204 e. The molecular weight excluding hydrogens is 338 g/mol. The number of alkyl halides is 1. The molecule has 2 unspecified atom stereocenters. The van der Waals surface area contributed by atoms with Gasteiger partial charge in [0.05, 0.1) is 16.7 Å². The van der Waals surface area contributed by atoms with E-state index in [-0.39, 0.29) is 4.83 Å². The van der Waals surface area contributed by atoms with Crippen molar-refractivity contribution in [1.29, 1.82) is 5.26 Å². The van der Waals surface area contributed by atoms with Crippen LogP contribution in [0.4, 0.5) is 0 Å². The normalized spacial score (nSPS) is 28.1. The molecule has 0 saturated carbocycles. The van der Waals surface area contributed by atoms with Crippen LogP contribution < -0.4 is 5.32 Å². The highest BCUT2D eigenvalue weighted by Crippen LogP contribution is 2.41. The van der Waals surface area contributed by atoms with E-state index in [9.17, 15) is 0 Å². The zero-order valence-electron chi connectivity index (χ0n) is 11.4. The van der Waals surface area contributed by atoms with Crippen molar-refractivity contribution in [3.63, 3.8) is 0 Å². The molecule has 1 N–H and O–H groups in total. The summed E-state index contributed by atoms with van der Waals surface area (Å²) >= 11 is 5.79. The van der Waals surface area contributed by atoms with Gasteiger partial charge in [0.1, 0.15) is 11.8 Å². The quantitative estimate of drug-likeness (QED) is 0.826. The zero-order chi connectivity index (χ0) is 14.1. The molecule has 0 spiro atoms. The Bertz CT molecular complexity index is 519. The van der Waals surface area contributed by atoms with Crippen molar-refractivity contribution in [3.8, 4) is 6.07 Å². The lowest BCUT2D eigenvalue weighted by molar-refractivity contribution is 0.281. The standard InChI is InChI=1S/C14H18BrN3OS/c1-18-4-2-10(3-5-18)20-14-13(15)11-6-9(7-16)19-12(11)8-17-14/h6,10,13-14,17H,2-5,8H2,1H3. The largest absolute Gasteiger partial charge is 0.449 e. The van der Waals surface area contributed by atoms with Crippen LogP contribution in [0.25, 0.3) is 0 Å². The summed E-state index contributed by atoms with van der Waals surface area (Å²) in [6.07, 6.45) is 2.50. The molecule has 0 aliphatic carbocycles. The Morgan fingerprint density at radius 3 is 2.95 bits per heavy atom. The van der Waals surface area contributed by atoms with E-state index in [1.165, 1.54) is 25.9 Å². The Morgan fingerprint density at radius 2 is 2.25 bits per heavy atom. The van der Waals surface area contributed by atoms with Crippen molar-refractivity contribution in [2.75, 3.05) is 20.1 Å². The summed E-state index contributed by atoms with van der Waals surface area (Å²) in [5.74, 6) is 1.30. The molecule has 108 valence electrons. The first-order valence-electron chi connectivity index (χ1n) is 6.91. The molecule has 6 heteroatoms. The van der Waals surface area contributed by atoms with Crippen LogP contribution in [0.1, 0.15) is 34.8 Å². The third-order valence-corrected chi connectivity index (χ3v) is 6.94. The third-order valence-electron chi connectivity index (χ3n) is 3.98. The minimum absolute atomic E-state index is 0.210. The van der Waals surface area contributed by atoms with Gasteiger partial charge in [-0.1, -0.05) is 15.9 Å². The first kappa shape index (κ1) is 14.5. The van der Waals surface area contributed by atoms with E-state index < -0.39 is 0 Å².